The Morgan fingerprint density at radius 3 is 2.53 bits per heavy atom. The molecule has 1 aromatic rings. The molecule has 92 valence electrons. The summed E-state index contributed by atoms with van der Waals surface area (Å²) in [4.78, 5) is 2.13. The van der Waals surface area contributed by atoms with Gasteiger partial charge in [-0.1, -0.05) is 30.3 Å². The largest absolute Gasteiger partial charge is 0.359 e. The van der Waals surface area contributed by atoms with Gasteiger partial charge in [-0.15, -0.1) is 0 Å². The monoisotopic (exact) mass is 231 g/mol. The molecule has 0 aromatic heterocycles. The first-order valence-electron chi connectivity index (χ1n) is 6.35. The topological polar surface area (TPSA) is 39.1 Å². The molecule has 1 aromatic carbocycles. The van der Waals surface area contributed by atoms with Crippen LogP contribution in [0, 0.1) is 11.3 Å². The lowest BCUT2D eigenvalue weighted by molar-refractivity contribution is 0.259. The van der Waals surface area contributed by atoms with Gasteiger partial charge in [-0.25, -0.2) is 0 Å². The minimum Gasteiger partial charge on any atom is -0.359 e. The maximum atomic E-state index is 7.73. The van der Waals surface area contributed by atoms with Gasteiger partial charge in [-0.2, -0.15) is 0 Å². The standard InChI is InChI=1S/C14H21N3/c1-16-14(15)17-9-7-13(8-10-17)11-12-5-3-2-4-6-12/h2-6,13H,7-11H2,1H3,(H2,15,16). The summed E-state index contributed by atoms with van der Waals surface area (Å²) in [7, 11) is 1.82. The van der Waals surface area contributed by atoms with Crippen molar-refractivity contribution in [1.29, 1.82) is 5.41 Å². The smallest absolute Gasteiger partial charge is 0.190 e. The lowest BCUT2D eigenvalue weighted by Crippen LogP contribution is -2.43. The van der Waals surface area contributed by atoms with E-state index in [1.165, 1.54) is 24.8 Å². The number of rotatable bonds is 2. The van der Waals surface area contributed by atoms with Crippen molar-refractivity contribution in [3.05, 3.63) is 35.9 Å². The van der Waals surface area contributed by atoms with Crippen LogP contribution in [-0.2, 0) is 6.42 Å². The van der Waals surface area contributed by atoms with E-state index in [-0.39, 0.29) is 0 Å². The summed E-state index contributed by atoms with van der Waals surface area (Å²) in [5.41, 5.74) is 1.44. The Hall–Kier alpha value is -1.51. The fourth-order valence-electron chi connectivity index (χ4n) is 2.47. The molecule has 0 amide bonds. The van der Waals surface area contributed by atoms with Crippen LogP contribution in [-0.4, -0.2) is 31.0 Å². The van der Waals surface area contributed by atoms with Crippen LogP contribution in [0.4, 0.5) is 0 Å². The molecule has 1 fully saturated rings. The highest BCUT2D eigenvalue weighted by Gasteiger charge is 2.20. The molecule has 1 heterocycles. The number of likely N-dealkylation sites (tertiary alicyclic amines) is 1. The first-order valence-corrected chi connectivity index (χ1v) is 6.35. The Labute approximate surface area is 103 Å². The van der Waals surface area contributed by atoms with Crippen molar-refractivity contribution in [1.82, 2.24) is 10.2 Å². The molecule has 0 saturated carbocycles. The zero-order chi connectivity index (χ0) is 12.1. The molecule has 0 unspecified atom stereocenters. The number of guanidine groups is 1. The van der Waals surface area contributed by atoms with Crippen molar-refractivity contribution >= 4 is 5.96 Å². The summed E-state index contributed by atoms with van der Waals surface area (Å²) in [6, 6.07) is 10.7. The zero-order valence-corrected chi connectivity index (χ0v) is 10.4. The Morgan fingerprint density at radius 1 is 1.29 bits per heavy atom. The minimum absolute atomic E-state index is 0.558. The van der Waals surface area contributed by atoms with Gasteiger partial charge in [-0.05, 0) is 30.7 Å². The van der Waals surface area contributed by atoms with Crippen molar-refractivity contribution in [2.75, 3.05) is 20.1 Å². The summed E-state index contributed by atoms with van der Waals surface area (Å²) < 4.78 is 0. The number of hydrogen-bond donors (Lipinski definition) is 2. The van der Waals surface area contributed by atoms with E-state index in [2.05, 4.69) is 40.5 Å². The average Bonchev–Trinajstić information content (AvgIpc) is 2.40. The van der Waals surface area contributed by atoms with Crippen molar-refractivity contribution in [3.8, 4) is 0 Å². The van der Waals surface area contributed by atoms with Crippen LogP contribution in [0.25, 0.3) is 0 Å². The highest BCUT2D eigenvalue weighted by Crippen LogP contribution is 2.21. The van der Waals surface area contributed by atoms with Gasteiger partial charge in [0.2, 0.25) is 0 Å². The Morgan fingerprint density at radius 2 is 1.94 bits per heavy atom. The molecule has 2 N–H and O–H groups in total. The molecule has 0 spiro atoms. The Kier molecular flexibility index (Phi) is 4.02. The number of piperidine rings is 1. The van der Waals surface area contributed by atoms with Crippen molar-refractivity contribution < 1.29 is 0 Å². The van der Waals surface area contributed by atoms with E-state index in [1.807, 2.05) is 7.05 Å². The number of benzene rings is 1. The average molecular weight is 231 g/mol. The second-order valence-electron chi connectivity index (χ2n) is 4.72. The molecule has 0 bridgehead atoms. The first-order chi connectivity index (χ1) is 8.29. The molecular weight excluding hydrogens is 210 g/mol. The van der Waals surface area contributed by atoms with Gasteiger partial charge in [0.05, 0.1) is 0 Å². The number of nitrogens with one attached hydrogen (secondary N) is 2. The molecule has 1 aliphatic heterocycles. The van der Waals surface area contributed by atoms with E-state index in [0.717, 1.165) is 19.0 Å². The maximum absolute atomic E-state index is 7.73. The quantitative estimate of drug-likeness (QED) is 0.604. The van der Waals surface area contributed by atoms with Crippen LogP contribution in [0.15, 0.2) is 30.3 Å². The SMILES string of the molecule is CNC(=N)N1CCC(Cc2ccccc2)CC1. The molecule has 3 nitrogen and oxygen atoms in total. The summed E-state index contributed by atoms with van der Waals surface area (Å²) >= 11 is 0. The van der Waals surface area contributed by atoms with Crippen molar-refractivity contribution in [2.24, 2.45) is 5.92 Å². The molecule has 0 aliphatic carbocycles. The predicted octanol–water partition coefficient (Wildman–Crippen LogP) is 2.10. The molecule has 2 rings (SSSR count). The second-order valence-corrected chi connectivity index (χ2v) is 4.72. The highest BCUT2D eigenvalue weighted by atomic mass is 15.3. The van der Waals surface area contributed by atoms with Crippen LogP contribution >= 0.6 is 0 Å². The van der Waals surface area contributed by atoms with Crippen LogP contribution in [0.3, 0.4) is 0 Å². The van der Waals surface area contributed by atoms with E-state index in [1.54, 1.807) is 0 Å². The molecule has 17 heavy (non-hydrogen) atoms. The van der Waals surface area contributed by atoms with Gasteiger partial charge in [0.1, 0.15) is 0 Å². The summed E-state index contributed by atoms with van der Waals surface area (Å²) in [5, 5.41) is 10.6. The highest BCUT2D eigenvalue weighted by molar-refractivity contribution is 5.76. The molecule has 0 atom stereocenters. The van der Waals surface area contributed by atoms with Crippen molar-refractivity contribution in [3.63, 3.8) is 0 Å². The molecule has 1 aliphatic rings. The van der Waals surface area contributed by atoms with Gasteiger partial charge < -0.3 is 10.2 Å². The lowest BCUT2D eigenvalue weighted by Gasteiger charge is -2.33. The van der Waals surface area contributed by atoms with Crippen molar-refractivity contribution in [2.45, 2.75) is 19.3 Å². The molecule has 1 saturated heterocycles. The van der Waals surface area contributed by atoms with E-state index in [0.29, 0.717) is 5.96 Å². The van der Waals surface area contributed by atoms with Gasteiger partial charge in [0.15, 0.2) is 5.96 Å². The summed E-state index contributed by atoms with van der Waals surface area (Å²) in [6.07, 6.45) is 3.57. The first kappa shape index (κ1) is 12.0. The van der Waals surface area contributed by atoms with E-state index >= 15 is 0 Å². The summed E-state index contributed by atoms with van der Waals surface area (Å²) in [5.74, 6) is 1.33. The van der Waals surface area contributed by atoms with Gasteiger partial charge in [-0.3, -0.25) is 5.41 Å². The van der Waals surface area contributed by atoms with Gasteiger partial charge >= 0.3 is 0 Å². The predicted molar refractivity (Wildman–Crippen MR) is 71.2 cm³/mol. The van der Waals surface area contributed by atoms with E-state index in [4.69, 9.17) is 5.41 Å². The van der Waals surface area contributed by atoms with E-state index in [9.17, 15) is 0 Å². The molecule has 0 radical (unpaired) electrons. The lowest BCUT2D eigenvalue weighted by atomic mass is 9.90. The van der Waals surface area contributed by atoms with E-state index < -0.39 is 0 Å². The third-order valence-corrected chi connectivity index (χ3v) is 3.53. The van der Waals surface area contributed by atoms with Crippen LogP contribution in [0.5, 0.6) is 0 Å². The zero-order valence-electron chi connectivity index (χ0n) is 10.4. The van der Waals surface area contributed by atoms with Crippen LogP contribution < -0.4 is 5.32 Å². The third-order valence-electron chi connectivity index (χ3n) is 3.53. The number of nitrogens with zero attached hydrogens (tertiary/aromatic N) is 1. The van der Waals surface area contributed by atoms with Crippen LogP contribution in [0.2, 0.25) is 0 Å². The van der Waals surface area contributed by atoms with Gasteiger partial charge in [0.25, 0.3) is 0 Å². The maximum Gasteiger partial charge on any atom is 0.190 e. The van der Waals surface area contributed by atoms with Crippen LogP contribution in [0.1, 0.15) is 18.4 Å². The number of hydrogen-bond acceptors (Lipinski definition) is 1. The van der Waals surface area contributed by atoms with Gasteiger partial charge in [0, 0.05) is 20.1 Å². The molecule has 3 heteroatoms. The normalized spacial score (nSPS) is 16.9. The second kappa shape index (κ2) is 5.71. The summed E-state index contributed by atoms with van der Waals surface area (Å²) in [6.45, 7) is 2.02. The fraction of sp³-hybridized carbons (Fsp3) is 0.500. The minimum atomic E-state index is 0.558. The Balaban J connectivity index is 1.82. The third kappa shape index (κ3) is 3.22. The Bertz CT molecular complexity index is 353. The fourth-order valence-corrected chi connectivity index (χ4v) is 2.47. The molecular formula is C14H21N3.